The lowest BCUT2D eigenvalue weighted by molar-refractivity contribution is 0.414. The van der Waals surface area contributed by atoms with Crippen LogP contribution in [0.4, 0.5) is 0 Å². The number of ether oxygens (including phenoxy) is 1. The van der Waals surface area contributed by atoms with Crippen LogP contribution in [0.1, 0.15) is 5.56 Å². The van der Waals surface area contributed by atoms with Gasteiger partial charge in [-0.15, -0.1) is 0 Å². The number of rotatable bonds is 5. The van der Waals surface area contributed by atoms with Gasteiger partial charge in [-0.3, -0.25) is 0 Å². The Morgan fingerprint density at radius 1 is 1.12 bits per heavy atom. The average Bonchev–Trinajstić information content (AvgIpc) is 3.12. The topological polar surface area (TPSA) is 39.4 Å². The molecule has 2 aromatic carbocycles. The number of aromatic nitrogens is 3. The molecule has 2 heterocycles. The molecule has 0 radical (unpaired) electrons. The average molecular weight is 382 g/mol. The second-order valence-corrected chi connectivity index (χ2v) is 7.14. The number of nitrogens with zero attached hydrogens (tertiary/aromatic N) is 3. The van der Waals surface area contributed by atoms with Crippen molar-refractivity contribution in [2.45, 2.75) is 10.8 Å². The monoisotopic (exact) mass is 381 g/mol. The number of fused-ring (bicyclic) bond motifs is 1. The summed E-state index contributed by atoms with van der Waals surface area (Å²) < 4.78 is 7.06. The fraction of sp³-hybridized carbons (Fsp3) is 0.100. The number of thioether (sulfide) groups is 1. The first-order chi connectivity index (χ1) is 12.7. The van der Waals surface area contributed by atoms with E-state index in [1.807, 2.05) is 47.1 Å². The first-order valence-corrected chi connectivity index (χ1v) is 9.45. The Morgan fingerprint density at radius 2 is 1.96 bits per heavy atom. The van der Waals surface area contributed by atoms with Gasteiger partial charge in [0, 0.05) is 28.7 Å². The van der Waals surface area contributed by atoms with Crippen molar-refractivity contribution in [1.29, 1.82) is 0 Å². The van der Waals surface area contributed by atoms with Crippen molar-refractivity contribution in [2.24, 2.45) is 0 Å². The van der Waals surface area contributed by atoms with Crippen LogP contribution in [0.3, 0.4) is 0 Å². The summed E-state index contributed by atoms with van der Waals surface area (Å²) in [6.45, 7) is 0. The summed E-state index contributed by atoms with van der Waals surface area (Å²) in [5.74, 6) is 1.69. The molecule has 0 bridgehead atoms. The predicted octanol–water partition coefficient (Wildman–Crippen LogP) is 5.35. The van der Waals surface area contributed by atoms with E-state index in [-0.39, 0.29) is 0 Å². The van der Waals surface area contributed by atoms with Gasteiger partial charge in [0.15, 0.2) is 0 Å². The second kappa shape index (κ2) is 7.40. The van der Waals surface area contributed by atoms with E-state index < -0.39 is 0 Å². The smallest absolute Gasteiger partial charge is 0.122 e. The SMILES string of the molecule is COc1ccc(CSc2nccn3nc(-c4cccc(Cl)c4)cc23)cc1. The van der Waals surface area contributed by atoms with Gasteiger partial charge in [-0.05, 0) is 35.9 Å². The maximum absolute atomic E-state index is 6.10. The number of halogens is 1. The zero-order chi connectivity index (χ0) is 17.9. The molecule has 4 aromatic rings. The van der Waals surface area contributed by atoms with E-state index in [2.05, 4.69) is 28.3 Å². The summed E-state index contributed by atoms with van der Waals surface area (Å²) in [7, 11) is 1.67. The molecule has 4 rings (SSSR count). The van der Waals surface area contributed by atoms with Gasteiger partial charge < -0.3 is 4.74 Å². The summed E-state index contributed by atoms with van der Waals surface area (Å²) in [4.78, 5) is 4.53. The molecule has 0 aliphatic heterocycles. The molecule has 0 unspecified atom stereocenters. The Labute approximate surface area is 160 Å². The Hall–Kier alpha value is -2.50. The van der Waals surface area contributed by atoms with E-state index in [0.29, 0.717) is 5.02 Å². The van der Waals surface area contributed by atoms with Gasteiger partial charge in [0.1, 0.15) is 10.8 Å². The fourth-order valence-electron chi connectivity index (χ4n) is 2.67. The van der Waals surface area contributed by atoms with Gasteiger partial charge in [0.2, 0.25) is 0 Å². The first kappa shape index (κ1) is 16.9. The quantitative estimate of drug-likeness (QED) is 0.437. The van der Waals surface area contributed by atoms with Crippen LogP contribution in [-0.2, 0) is 5.75 Å². The number of benzene rings is 2. The standard InChI is InChI=1S/C20H16ClN3OS/c1-25-17-7-5-14(6-8-17)13-26-20-19-12-18(23-24(19)10-9-22-20)15-3-2-4-16(21)11-15/h2-12H,13H2,1H3. The van der Waals surface area contributed by atoms with E-state index in [9.17, 15) is 0 Å². The lowest BCUT2D eigenvalue weighted by atomic mass is 10.1. The maximum atomic E-state index is 6.10. The van der Waals surface area contributed by atoms with Crippen molar-refractivity contribution in [3.05, 3.63) is 77.6 Å². The van der Waals surface area contributed by atoms with Gasteiger partial charge in [-0.1, -0.05) is 47.6 Å². The molecule has 0 aliphatic rings. The van der Waals surface area contributed by atoms with Crippen molar-refractivity contribution >= 4 is 28.9 Å². The molecule has 0 saturated carbocycles. The molecular weight excluding hydrogens is 366 g/mol. The zero-order valence-electron chi connectivity index (χ0n) is 14.1. The predicted molar refractivity (Wildman–Crippen MR) is 106 cm³/mol. The molecule has 0 saturated heterocycles. The molecule has 0 N–H and O–H groups in total. The van der Waals surface area contributed by atoms with Gasteiger partial charge in [-0.2, -0.15) is 5.10 Å². The molecule has 4 nitrogen and oxygen atoms in total. The van der Waals surface area contributed by atoms with Gasteiger partial charge in [-0.25, -0.2) is 9.50 Å². The van der Waals surface area contributed by atoms with Crippen LogP contribution in [0.15, 0.2) is 72.0 Å². The highest BCUT2D eigenvalue weighted by Crippen LogP contribution is 2.29. The normalized spacial score (nSPS) is 11.0. The Morgan fingerprint density at radius 3 is 2.73 bits per heavy atom. The Balaban J connectivity index is 1.61. The number of hydrogen-bond donors (Lipinski definition) is 0. The summed E-state index contributed by atoms with van der Waals surface area (Å²) >= 11 is 7.79. The van der Waals surface area contributed by atoms with E-state index >= 15 is 0 Å². The molecule has 0 atom stereocenters. The molecule has 130 valence electrons. The van der Waals surface area contributed by atoms with E-state index in [4.69, 9.17) is 16.3 Å². The lowest BCUT2D eigenvalue weighted by Gasteiger charge is -2.04. The third kappa shape index (κ3) is 3.54. The third-order valence-corrected chi connectivity index (χ3v) is 5.31. The molecular formula is C20H16ClN3OS. The van der Waals surface area contributed by atoms with Gasteiger partial charge >= 0.3 is 0 Å². The lowest BCUT2D eigenvalue weighted by Crippen LogP contribution is -1.91. The highest BCUT2D eigenvalue weighted by atomic mass is 35.5. The summed E-state index contributed by atoms with van der Waals surface area (Å²) in [5.41, 5.74) is 4.08. The summed E-state index contributed by atoms with van der Waals surface area (Å²) in [6.07, 6.45) is 3.64. The number of hydrogen-bond acceptors (Lipinski definition) is 4. The first-order valence-electron chi connectivity index (χ1n) is 8.09. The Kier molecular flexibility index (Phi) is 4.82. The molecule has 0 amide bonds. The maximum Gasteiger partial charge on any atom is 0.122 e. The molecule has 2 aromatic heterocycles. The van der Waals surface area contributed by atoms with Crippen molar-refractivity contribution in [3.63, 3.8) is 0 Å². The van der Waals surface area contributed by atoms with Crippen molar-refractivity contribution in [2.75, 3.05) is 7.11 Å². The van der Waals surface area contributed by atoms with E-state index in [1.54, 1.807) is 25.1 Å². The van der Waals surface area contributed by atoms with E-state index in [0.717, 1.165) is 33.3 Å². The van der Waals surface area contributed by atoms with Crippen molar-refractivity contribution < 1.29 is 4.74 Å². The minimum Gasteiger partial charge on any atom is -0.497 e. The summed E-state index contributed by atoms with van der Waals surface area (Å²) in [5, 5.41) is 6.30. The largest absolute Gasteiger partial charge is 0.497 e. The summed E-state index contributed by atoms with van der Waals surface area (Å²) in [6, 6.07) is 17.8. The van der Waals surface area contributed by atoms with Crippen LogP contribution in [0.25, 0.3) is 16.8 Å². The fourth-order valence-corrected chi connectivity index (χ4v) is 3.79. The van der Waals surface area contributed by atoms with Crippen molar-refractivity contribution in [1.82, 2.24) is 14.6 Å². The van der Waals surface area contributed by atoms with E-state index in [1.165, 1.54) is 5.56 Å². The van der Waals surface area contributed by atoms with Crippen LogP contribution in [0.5, 0.6) is 5.75 Å². The number of methoxy groups -OCH3 is 1. The highest BCUT2D eigenvalue weighted by Gasteiger charge is 2.10. The van der Waals surface area contributed by atoms with Crippen molar-refractivity contribution in [3.8, 4) is 17.0 Å². The van der Waals surface area contributed by atoms with Crippen LogP contribution in [0.2, 0.25) is 5.02 Å². The van der Waals surface area contributed by atoms with Crippen LogP contribution < -0.4 is 4.74 Å². The molecule has 26 heavy (non-hydrogen) atoms. The molecule has 0 spiro atoms. The Bertz CT molecular complexity index is 1050. The minimum absolute atomic E-state index is 0.701. The highest BCUT2D eigenvalue weighted by molar-refractivity contribution is 7.98. The zero-order valence-corrected chi connectivity index (χ0v) is 15.7. The van der Waals surface area contributed by atoms with Gasteiger partial charge in [0.05, 0.1) is 18.3 Å². The second-order valence-electron chi connectivity index (χ2n) is 5.74. The van der Waals surface area contributed by atoms with Crippen LogP contribution >= 0.6 is 23.4 Å². The third-order valence-electron chi connectivity index (χ3n) is 4.01. The van der Waals surface area contributed by atoms with Gasteiger partial charge in [0.25, 0.3) is 0 Å². The molecule has 6 heteroatoms. The van der Waals surface area contributed by atoms with Crippen LogP contribution in [0, 0.1) is 0 Å². The van der Waals surface area contributed by atoms with Crippen LogP contribution in [-0.4, -0.2) is 21.7 Å². The molecule has 0 aliphatic carbocycles. The molecule has 0 fully saturated rings. The minimum atomic E-state index is 0.701.